The first kappa shape index (κ1) is 22.9. The average molecular weight is 412 g/mol. The fourth-order valence-electron chi connectivity index (χ4n) is 5.59. The Bertz CT molecular complexity index is 714. The van der Waals surface area contributed by atoms with Gasteiger partial charge >= 0.3 is 0 Å². The predicted octanol–water partition coefficient (Wildman–Crippen LogP) is 7.83. The molecule has 2 aliphatic rings. The van der Waals surface area contributed by atoms with Crippen LogP contribution in [0.2, 0.25) is 0 Å². The highest BCUT2D eigenvalue weighted by atomic mass is 19.1. The summed E-state index contributed by atoms with van der Waals surface area (Å²) in [7, 11) is 0. The summed E-state index contributed by atoms with van der Waals surface area (Å²) in [4.78, 5) is 0. The molecule has 0 heterocycles. The fraction of sp³-hybridized carbons (Fsp3) is 0.667. The Labute approximate surface area is 182 Å². The molecule has 1 aromatic carbocycles. The van der Waals surface area contributed by atoms with Crippen molar-refractivity contribution in [2.24, 2.45) is 23.7 Å². The molecule has 0 spiro atoms. The second-order valence-corrected chi connectivity index (χ2v) is 9.46. The van der Waals surface area contributed by atoms with Gasteiger partial charge in [0.05, 0.1) is 11.6 Å². The second kappa shape index (κ2) is 12.1. The third-order valence-corrected chi connectivity index (χ3v) is 7.33. The number of ether oxygens (including phenoxy) is 1. The molecule has 2 saturated carbocycles. The van der Waals surface area contributed by atoms with E-state index in [1.165, 1.54) is 89.2 Å². The molecule has 2 unspecified atom stereocenters. The van der Waals surface area contributed by atoms with Crippen molar-refractivity contribution in [1.29, 1.82) is 5.26 Å². The Morgan fingerprint density at radius 2 is 1.93 bits per heavy atom. The van der Waals surface area contributed by atoms with Crippen LogP contribution in [0.1, 0.15) is 89.5 Å². The molecule has 0 bridgehead atoms. The smallest absolute Gasteiger partial charge is 0.166 e. The number of hydrogen-bond acceptors (Lipinski definition) is 2. The van der Waals surface area contributed by atoms with E-state index in [4.69, 9.17) is 10.00 Å². The number of nitrogens with zero attached hydrogens (tertiary/aromatic N) is 1. The van der Waals surface area contributed by atoms with Crippen LogP contribution in [-0.2, 0) is 0 Å². The van der Waals surface area contributed by atoms with Gasteiger partial charge in [-0.25, -0.2) is 4.39 Å². The van der Waals surface area contributed by atoms with Crippen LogP contribution in [0.4, 0.5) is 4.39 Å². The first-order valence-electron chi connectivity index (χ1n) is 12.2. The van der Waals surface area contributed by atoms with Crippen molar-refractivity contribution in [3.63, 3.8) is 0 Å². The van der Waals surface area contributed by atoms with E-state index in [-0.39, 0.29) is 5.75 Å². The van der Waals surface area contributed by atoms with E-state index in [1.807, 2.05) is 12.1 Å². The van der Waals surface area contributed by atoms with E-state index in [0.29, 0.717) is 18.1 Å². The van der Waals surface area contributed by atoms with Crippen molar-refractivity contribution < 1.29 is 9.13 Å². The Morgan fingerprint density at radius 3 is 2.67 bits per heavy atom. The number of benzene rings is 1. The number of hydrogen-bond donors (Lipinski definition) is 0. The van der Waals surface area contributed by atoms with E-state index in [1.54, 1.807) is 6.07 Å². The van der Waals surface area contributed by atoms with Crippen LogP contribution in [0.15, 0.2) is 30.4 Å². The highest BCUT2D eigenvalue weighted by Gasteiger charge is 2.30. The zero-order valence-electron chi connectivity index (χ0n) is 18.6. The first-order chi connectivity index (χ1) is 14.7. The molecule has 0 N–H and O–H groups in total. The van der Waals surface area contributed by atoms with Gasteiger partial charge in [0.2, 0.25) is 0 Å². The SMILES string of the molecule is CCCCCC1CCCC(C2CCC(/C=C/COc3ccc(C#N)cc3F)CC2)C1. The minimum atomic E-state index is -0.469. The van der Waals surface area contributed by atoms with Gasteiger partial charge in [0.25, 0.3) is 0 Å². The quantitative estimate of drug-likeness (QED) is 0.306. The number of rotatable bonds is 9. The molecule has 3 heteroatoms. The van der Waals surface area contributed by atoms with Gasteiger partial charge in [0.1, 0.15) is 6.61 Å². The summed E-state index contributed by atoms with van der Waals surface area (Å²) in [5.41, 5.74) is 0.317. The van der Waals surface area contributed by atoms with Crippen LogP contribution in [0.25, 0.3) is 0 Å². The summed E-state index contributed by atoms with van der Waals surface area (Å²) in [6, 6.07) is 6.28. The average Bonchev–Trinajstić information content (AvgIpc) is 2.78. The Morgan fingerprint density at radius 1 is 1.10 bits per heavy atom. The molecule has 2 atom stereocenters. The molecule has 2 fully saturated rings. The number of nitriles is 1. The van der Waals surface area contributed by atoms with Gasteiger partial charge in [0, 0.05) is 0 Å². The van der Waals surface area contributed by atoms with Crippen molar-refractivity contribution in [2.75, 3.05) is 6.61 Å². The third kappa shape index (κ3) is 6.86. The number of halogens is 1. The molecule has 0 aromatic heterocycles. The molecule has 1 aromatic rings. The van der Waals surface area contributed by atoms with Crippen molar-refractivity contribution in [1.82, 2.24) is 0 Å². The summed E-state index contributed by atoms with van der Waals surface area (Å²) in [5.74, 6) is 3.29. The molecule has 0 radical (unpaired) electrons. The van der Waals surface area contributed by atoms with Crippen LogP contribution in [0.5, 0.6) is 5.75 Å². The Kier molecular flexibility index (Phi) is 9.25. The first-order valence-corrected chi connectivity index (χ1v) is 12.2. The maximum absolute atomic E-state index is 13.9. The van der Waals surface area contributed by atoms with E-state index >= 15 is 0 Å². The largest absolute Gasteiger partial charge is 0.486 e. The van der Waals surface area contributed by atoms with E-state index < -0.39 is 5.82 Å². The third-order valence-electron chi connectivity index (χ3n) is 7.33. The standard InChI is InChI=1S/C27H38FNO/c1-2-3-4-7-22-8-5-10-25(18-22)24-14-11-21(12-15-24)9-6-17-30-27-16-13-23(20-29)19-26(27)28/h6,9,13,16,19,21-22,24-25H,2-5,7-8,10-12,14-15,17-18H2,1H3/b9-6+. The van der Waals surface area contributed by atoms with E-state index in [2.05, 4.69) is 13.0 Å². The van der Waals surface area contributed by atoms with Gasteiger partial charge in [-0.05, 0) is 74.0 Å². The van der Waals surface area contributed by atoms with Crippen molar-refractivity contribution in [3.8, 4) is 11.8 Å². The lowest BCUT2D eigenvalue weighted by Gasteiger charge is -2.38. The molecule has 0 aliphatic heterocycles. The van der Waals surface area contributed by atoms with Gasteiger partial charge in [-0.15, -0.1) is 0 Å². The highest BCUT2D eigenvalue weighted by Crippen LogP contribution is 2.43. The van der Waals surface area contributed by atoms with Gasteiger partial charge in [-0.2, -0.15) is 5.26 Å². The molecule has 0 saturated heterocycles. The van der Waals surface area contributed by atoms with Gasteiger partial charge < -0.3 is 4.74 Å². The lowest BCUT2D eigenvalue weighted by atomic mass is 9.68. The molecule has 164 valence electrons. The van der Waals surface area contributed by atoms with Crippen molar-refractivity contribution in [2.45, 2.75) is 84.0 Å². The Hall–Kier alpha value is -1.82. The molecular weight excluding hydrogens is 373 g/mol. The van der Waals surface area contributed by atoms with Crippen LogP contribution in [-0.4, -0.2) is 6.61 Å². The van der Waals surface area contributed by atoms with Crippen LogP contribution in [0.3, 0.4) is 0 Å². The number of unbranched alkanes of at least 4 members (excludes halogenated alkanes) is 2. The molecule has 30 heavy (non-hydrogen) atoms. The minimum absolute atomic E-state index is 0.216. The monoisotopic (exact) mass is 411 g/mol. The van der Waals surface area contributed by atoms with Gasteiger partial charge in [0.15, 0.2) is 11.6 Å². The maximum atomic E-state index is 13.9. The summed E-state index contributed by atoms with van der Waals surface area (Å²) in [6.07, 6.45) is 21.1. The number of allylic oxidation sites excluding steroid dienone is 1. The molecular formula is C27H38FNO. The van der Waals surface area contributed by atoms with Gasteiger partial charge in [-0.3, -0.25) is 0 Å². The lowest BCUT2D eigenvalue weighted by molar-refractivity contribution is 0.143. The zero-order valence-corrected chi connectivity index (χ0v) is 18.6. The van der Waals surface area contributed by atoms with Crippen molar-refractivity contribution in [3.05, 3.63) is 41.7 Å². The summed E-state index contributed by atoms with van der Waals surface area (Å²) in [5, 5.41) is 8.80. The van der Waals surface area contributed by atoms with E-state index in [0.717, 1.165) is 17.8 Å². The second-order valence-electron chi connectivity index (χ2n) is 9.46. The zero-order chi connectivity index (χ0) is 21.2. The normalized spacial score (nSPS) is 27.1. The topological polar surface area (TPSA) is 33.0 Å². The van der Waals surface area contributed by atoms with Crippen LogP contribution in [0, 0.1) is 40.8 Å². The van der Waals surface area contributed by atoms with Crippen LogP contribution >= 0.6 is 0 Å². The van der Waals surface area contributed by atoms with Crippen molar-refractivity contribution >= 4 is 0 Å². The highest BCUT2D eigenvalue weighted by molar-refractivity contribution is 5.36. The fourth-order valence-corrected chi connectivity index (χ4v) is 5.59. The molecule has 3 rings (SSSR count). The summed E-state index contributed by atoms with van der Waals surface area (Å²) in [6.45, 7) is 2.68. The minimum Gasteiger partial charge on any atom is -0.486 e. The summed E-state index contributed by atoms with van der Waals surface area (Å²) < 4.78 is 19.4. The Balaban J connectivity index is 1.36. The van der Waals surface area contributed by atoms with E-state index in [9.17, 15) is 4.39 Å². The maximum Gasteiger partial charge on any atom is 0.166 e. The molecule has 0 amide bonds. The summed E-state index contributed by atoms with van der Waals surface area (Å²) >= 11 is 0. The van der Waals surface area contributed by atoms with Crippen LogP contribution < -0.4 is 4.74 Å². The van der Waals surface area contributed by atoms with Gasteiger partial charge in [-0.1, -0.05) is 64.0 Å². The lowest BCUT2D eigenvalue weighted by Crippen LogP contribution is -2.26. The molecule has 2 nitrogen and oxygen atoms in total. The molecule has 2 aliphatic carbocycles. The predicted molar refractivity (Wildman–Crippen MR) is 121 cm³/mol.